The molecule has 1 aliphatic heterocycles. The molecule has 0 aliphatic carbocycles. The highest BCUT2D eigenvalue weighted by atomic mass is 19.1. The van der Waals surface area contributed by atoms with Crippen LogP contribution in [-0.2, 0) is 0 Å². The monoisotopic (exact) mass is 500 g/mol. The molecule has 2 heterocycles. The number of piperazine rings is 1. The summed E-state index contributed by atoms with van der Waals surface area (Å²) >= 11 is 0. The minimum atomic E-state index is -0.533. The van der Waals surface area contributed by atoms with Crippen molar-refractivity contribution in [2.45, 2.75) is 13.0 Å². The van der Waals surface area contributed by atoms with Crippen LogP contribution in [0.5, 0.6) is 5.75 Å². The van der Waals surface area contributed by atoms with Crippen molar-refractivity contribution in [3.05, 3.63) is 96.2 Å². The Morgan fingerprint density at radius 3 is 2.16 bits per heavy atom. The molecule has 1 atom stereocenters. The molecule has 0 spiro atoms. The van der Waals surface area contributed by atoms with Crippen LogP contribution in [-0.4, -0.2) is 43.1 Å². The maximum absolute atomic E-state index is 14.2. The van der Waals surface area contributed by atoms with Crippen LogP contribution in [0.1, 0.15) is 18.6 Å². The summed E-state index contributed by atoms with van der Waals surface area (Å²) in [6.07, 6.45) is 1.19. The molecule has 5 nitrogen and oxygen atoms in total. The second kappa shape index (κ2) is 10.6. The van der Waals surface area contributed by atoms with Gasteiger partial charge in [0.05, 0.1) is 0 Å². The molecule has 1 aromatic heterocycles. The van der Waals surface area contributed by atoms with E-state index in [9.17, 15) is 8.78 Å². The van der Waals surface area contributed by atoms with Crippen molar-refractivity contribution in [3.63, 3.8) is 0 Å². The van der Waals surface area contributed by atoms with Gasteiger partial charge in [0, 0.05) is 49.2 Å². The Balaban J connectivity index is 1.38. The average molecular weight is 501 g/mol. The molecule has 37 heavy (non-hydrogen) atoms. The molecule has 190 valence electrons. The first-order chi connectivity index (χ1) is 17.9. The fraction of sp³-hybridized carbons (Fsp3) is 0.233. The summed E-state index contributed by atoms with van der Waals surface area (Å²) in [7, 11) is 2.15. The third-order valence-electron chi connectivity index (χ3n) is 6.86. The average Bonchev–Trinajstić information content (AvgIpc) is 2.91. The lowest BCUT2D eigenvalue weighted by molar-refractivity contribution is 0.228. The van der Waals surface area contributed by atoms with E-state index >= 15 is 0 Å². The number of halogens is 2. The third-order valence-corrected chi connectivity index (χ3v) is 6.86. The fourth-order valence-corrected chi connectivity index (χ4v) is 4.65. The zero-order valence-electron chi connectivity index (χ0n) is 21.0. The Morgan fingerprint density at radius 2 is 1.46 bits per heavy atom. The van der Waals surface area contributed by atoms with Crippen LogP contribution >= 0.6 is 0 Å². The molecule has 0 radical (unpaired) electrons. The topological polar surface area (TPSA) is 54.6 Å². The van der Waals surface area contributed by atoms with Gasteiger partial charge in [0.2, 0.25) is 0 Å². The van der Waals surface area contributed by atoms with Crippen molar-refractivity contribution < 1.29 is 13.5 Å². The molecule has 3 aromatic carbocycles. The Hall–Kier alpha value is -3.97. The van der Waals surface area contributed by atoms with E-state index in [1.165, 1.54) is 30.0 Å². The third kappa shape index (κ3) is 5.57. The molecule has 2 N–H and O–H groups in total. The molecule has 7 heteroatoms. The van der Waals surface area contributed by atoms with Gasteiger partial charge in [0.25, 0.3) is 0 Å². The number of rotatable bonds is 6. The van der Waals surface area contributed by atoms with Crippen molar-refractivity contribution >= 4 is 11.5 Å². The highest BCUT2D eigenvalue weighted by molar-refractivity contribution is 5.70. The summed E-state index contributed by atoms with van der Waals surface area (Å²) in [5, 5.41) is 0. The second-order valence-electron chi connectivity index (χ2n) is 9.44. The van der Waals surface area contributed by atoms with Gasteiger partial charge < -0.3 is 20.3 Å². The predicted molar refractivity (Wildman–Crippen MR) is 145 cm³/mol. The van der Waals surface area contributed by atoms with E-state index in [2.05, 4.69) is 46.1 Å². The number of nitrogens with two attached hydrogens (primary N) is 1. The van der Waals surface area contributed by atoms with Crippen LogP contribution in [0.4, 0.5) is 20.3 Å². The van der Waals surface area contributed by atoms with E-state index in [4.69, 9.17) is 10.5 Å². The van der Waals surface area contributed by atoms with E-state index in [0.717, 1.165) is 48.4 Å². The maximum Gasteiger partial charge on any atom is 0.166 e. The minimum Gasteiger partial charge on any atom is -0.482 e. The van der Waals surface area contributed by atoms with E-state index in [-0.39, 0.29) is 17.5 Å². The number of nitrogen functional groups attached to an aromatic ring is 1. The van der Waals surface area contributed by atoms with E-state index in [0.29, 0.717) is 11.3 Å². The first-order valence-corrected chi connectivity index (χ1v) is 12.4. The number of hydrogen-bond donors (Lipinski definition) is 1. The number of ether oxygens (including phenoxy) is 1. The Morgan fingerprint density at radius 1 is 0.811 bits per heavy atom. The molecule has 4 aromatic rings. The summed E-state index contributed by atoms with van der Waals surface area (Å²) in [5.41, 5.74) is 11.4. The number of anilines is 2. The SMILES string of the molecule is C[C@@H](Oc1cc(-c2ccc(N3CCN(C)CC3)cc2)cnc1N)c1cc(F)ccc1-c1ccc(F)cc1. The lowest BCUT2D eigenvalue weighted by Crippen LogP contribution is -2.44. The van der Waals surface area contributed by atoms with Gasteiger partial charge in [-0.25, -0.2) is 13.8 Å². The first kappa shape index (κ1) is 24.7. The normalized spacial score (nSPS) is 15.0. The minimum absolute atomic E-state index is 0.254. The van der Waals surface area contributed by atoms with E-state index in [1.54, 1.807) is 24.4 Å². The zero-order valence-corrected chi connectivity index (χ0v) is 21.0. The van der Waals surface area contributed by atoms with Crippen LogP contribution in [0.3, 0.4) is 0 Å². The summed E-state index contributed by atoms with van der Waals surface area (Å²) < 4.78 is 33.9. The van der Waals surface area contributed by atoms with Crippen LogP contribution in [0.15, 0.2) is 79.0 Å². The lowest BCUT2D eigenvalue weighted by atomic mass is 9.96. The van der Waals surface area contributed by atoms with E-state index < -0.39 is 6.10 Å². The Labute approximate surface area is 216 Å². The summed E-state index contributed by atoms with van der Waals surface area (Å²) in [6, 6.07) is 20.9. The Kier molecular flexibility index (Phi) is 7.06. The van der Waals surface area contributed by atoms with Crippen molar-refractivity contribution in [3.8, 4) is 28.0 Å². The molecule has 5 rings (SSSR count). The van der Waals surface area contributed by atoms with Gasteiger partial charge >= 0.3 is 0 Å². The second-order valence-corrected chi connectivity index (χ2v) is 9.44. The quantitative estimate of drug-likeness (QED) is 0.343. The van der Waals surface area contributed by atoms with Crippen LogP contribution in [0.2, 0.25) is 0 Å². The van der Waals surface area contributed by atoms with Crippen molar-refractivity contribution in [1.29, 1.82) is 0 Å². The van der Waals surface area contributed by atoms with Gasteiger partial charge in [-0.1, -0.05) is 30.3 Å². The molecule has 0 bridgehead atoms. The lowest BCUT2D eigenvalue weighted by Gasteiger charge is -2.34. The van der Waals surface area contributed by atoms with Gasteiger partial charge in [-0.15, -0.1) is 0 Å². The van der Waals surface area contributed by atoms with Gasteiger partial charge in [0.1, 0.15) is 17.7 Å². The number of aromatic nitrogens is 1. The van der Waals surface area contributed by atoms with Crippen LogP contribution in [0, 0.1) is 11.6 Å². The van der Waals surface area contributed by atoms with Gasteiger partial charge in [-0.05, 0) is 73.1 Å². The molecule has 1 fully saturated rings. The van der Waals surface area contributed by atoms with Crippen LogP contribution < -0.4 is 15.4 Å². The van der Waals surface area contributed by atoms with E-state index in [1.807, 2.05) is 13.0 Å². The number of benzene rings is 3. The highest BCUT2D eigenvalue weighted by Crippen LogP contribution is 2.35. The molecular formula is C30H30F2N4O. The maximum atomic E-state index is 14.2. The van der Waals surface area contributed by atoms with Crippen molar-refractivity contribution in [1.82, 2.24) is 9.88 Å². The molecule has 0 saturated carbocycles. The van der Waals surface area contributed by atoms with Crippen molar-refractivity contribution in [2.24, 2.45) is 0 Å². The predicted octanol–water partition coefficient (Wildman–Crippen LogP) is 6.17. The molecule has 1 aliphatic rings. The zero-order chi connectivity index (χ0) is 25.9. The summed E-state index contributed by atoms with van der Waals surface area (Å²) in [5.74, 6) is -0.0348. The first-order valence-electron chi connectivity index (χ1n) is 12.4. The molecule has 0 unspecified atom stereocenters. The van der Waals surface area contributed by atoms with Gasteiger partial charge in [0.15, 0.2) is 11.6 Å². The molecule has 0 amide bonds. The number of hydrogen-bond acceptors (Lipinski definition) is 5. The standard InChI is InChI=1S/C30H30F2N4O/c1-20(28-18-25(32)9-12-27(28)22-3-7-24(31)8-4-22)37-29-17-23(19-34-30(29)33)21-5-10-26(11-6-21)36-15-13-35(2)14-16-36/h3-12,17-20H,13-16H2,1-2H3,(H2,33,34)/t20-/m1/s1. The smallest absolute Gasteiger partial charge is 0.166 e. The number of nitrogens with zero attached hydrogens (tertiary/aromatic N) is 3. The molecule has 1 saturated heterocycles. The molecular weight excluding hydrogens is 470 g/mol. The highest BCUT2D eigenvalue weighted by Gasteiger charge is 2.18. The summed E-state index contributed by atoms with van der Waals surface area (Å²) in [4.78, 5) is 9.07. The van der Waals surface area contributed by atoms with Crippen molar-refractivity contribution in [2.75, 3.05) is 43.9 Å². The van der Waals surface area contributed by atoms with Crippen LogP contribution in [0.25, 0.3) is 22.3 Å². The summed E-state index contributed by atoms with van der Waals surface area (Å²) in [6.45, 7) is 5.95. The largest absolute Gasteiger partial charge is 0.482 e. The number of likely N-dealkylation sites (N-methyl/N-ethyl adjacent to an activating group) is 1. The van der Waals surface area contributed by atoms with Gasteiger partial charge in [-0.3, -0.25) is 0 Å². The fourth-order valence-electron chi connectivity index (χ4n) is 4.65. The van der Waals surface area contributed by atoms with Gasteiger partial charge in [-0.2, -0.15) is 0 Å². The Bertz CT molecular complexity index is 1370. The number of pyridine rings is 1.